The van der Waals surface area contributed by atoms with E-state index in [1.54, 1.807) is 23.3 Å². The van der Waals surface area contributed by atoms with Crippen LogP contribution in [0.2, 0.25) is 16.7 Å². The van der Waals surface area contributed by atoms with Crippen molar-refractivity contribution in [3.8, 4) is 0 Å². The minimum atomic E-state index is -1.98. The first-order valence-corrected chi connectivity index (χ1v) is 19.4. The van der Waals surface area contributed by atoms with E-state index in [1.807, 2.05) is 0 Å². The van der Waals surface area contributed by atoms with Crippen molar-refractivity contribution in [2.45, 2.75) is 48.0 Å². The van der Waals surface area contributed by atoms with E-state index in [-0.39, 0.29) is 5.82 Å². The van der Waals surface area contributed by atoms with E-state index < -0.39 is 25.8 Å². The van der Waals surface area contributed by atoms with Crippen molar-refractivity contribution in [3.63, 3.8) is 0 Å². The Hall–Kier alpha value is -1.31. The van der Waals surface area contributed by atoms with Crippen molar-refractivity contribution < 1.29 is 24.8 Å². The molecule has 1 unspecified atom stereocenters. The number of halogens is 1. The summed E-state index contributed by atoms with van der Waals surface area (Å²) in [5.41, 5.74) is 10.8. The van der Waals surface area contributed by atoms with Crippen molar-refractivity contribution in [3.05, 3.63) is 99.4 Å². The summed E-state index contributed by atoms with van der Waals surface area (Å²) in [5, 5.41) is 0. The Morgan fingerprint density at radius 1 is 0.862 bits per heavy atom. The summed E-state index contributed by atoms with van der Waals surface area (Å²) in [6.07, 6.45) is 2.52. The Bertz CT molecular complexity index is 1090. The van der Waals surface area contributed by atoms with E-state index in [0.29, 0.717) is 7.25 Å². The molecule has 4 rings (SSSR count). The molecule has 0 spiro atoms. The number of rotatable bonds is 3. The number of hydrogen-bond acceptors (Lipinski definition) is 0. The van der Waals surface area contributed by atoms with Crippen LogP contribution in [0.1, 0.15) is 48.0 Å². The van der Waals surface area contributed by atoms with Crippen LogP contribution in [0.3, 0.4) is 0 Å². The molecular weight excluding hydrogens is 451 g/mol. The third-order valence-electron chi connectivity index (χ3n) is 6.89. The van der Waals surface area contributed by atoms with Crippen LogP contribution in [0.15, 0.2) is 76.9 Å². The second-order valence-electron chi connectivity index (χ2n) is 8.66. The van der Waals surface area contributed by atoms with E-state index in [2.05, 4.69) is 83.3 Å². The quantitative estimate of drug-likeness (QED) is 0.396. The zero-order chi connectivity index (χ0) is 20.9. The molecule has 0 saturated carbocycles. The second kappa shape index (κ2) is 8.08. The summed E-state index contributed by atoms with van der Waals surface area (Å²) in [6.45, 7) is 14.4. The molecule has 0 aromatic heterocycles. The molecule has 2 aromatic rings. The zero-order valence-electron chi connectivity index (χ0n) is 18.2. The number of hydrogen-bond donors (Lipinski definition) is 0. The average Bonchev–Trinajstić information content (AvgIpc) is 3.15. The predicted octanol–water partition coefficient (Wildman–Crippen LogP) is 7.66. The Balaban J connectivity index is 1.92. The van der Waals surface area contributed by atoms with E-state index in [1.165, 1.54) is 27.8 Å². The SMILES string of the molecule is CC1=C(C)[CH]([Zr]([CH]2C=C(c3ccccc3)c3cc(F)ccc32)=[Si](C)C)C(C)=C1C. The number of allylic oxidation sites excluding steroid dienone is 5. The van der Waals surface area contributed by atoms with Crippen molar-refractivity contribution >= 4 is 11.0 Å². The first kappa shape index (κ1) is 20.9. The molecule has 3 heteroatoms. The molecule has 29 heavy (non-hydrogen) atoms. The molecule has 1 atom stereocenters. The molecule has 0 heterocycles. The van der Waals surface area contributed by atoms with Gasteiger partial charge in [0.1, 0.15) is 0 Å². The molecule has 0 saturated heterocycles. The molecule has 2 aromatic carbocycles. The molecule has 0 fully saturated rings. The van der Waals surface area contributed by atoms with Gasteiger partial charge >= 0.3 is 183 Å². The Morgan fingerprint density at radius 2 is 1.48 bits per heavy atom. The molecule has 0 N–H and O–H groups in total. The van der Waals surface area contributed by atoms with Gasteiger partial charge in [-0.15, -0.1) is 0 Å². The van der Waals surface area contributed by atoms with E-state index in [4.69, 9.17) is 0 Å². The molecule has 0 amide bonds. The fourth-order valence-corrected chi connectivity index (χ4v) is 25.7. The van der Waals surface area contributed by atoms with Crippen LogP contribution in [-0.4, -0.2) is 5.43 Å². The first-order chi connectivity index (χ1) is 13.8. The summed E-state index contributed by atoms with van der Waals surface area (Å²) in [4.78, 5) is 0. The monoisotopic (exact) mass is 478 g/mol. The molecule has 0 nitrogen and oxygen atoms in total. The summed E-state index contributed by atoms with van der Waals surface area (Å²) >= 11 is -1.98. The van der Waals surface area contributed by atoms with Gasteiger partial charge in [-0.05, 0) is 0 Å². The first-order valence-electron chi connectivity index (χ1n) is 10.4. The van der Waals surface area contributed by atoms with Crippen LogP contribution in [0.25, 0.3) is 5.57 Å². The zero-order valence-corrected chi connectivity index (χ0v) is 21.7. The molecule has 148 valence electrons. The summed E-state index contributed by atoms with van der Waals surface area (Å²) < 4.78 is 15.5. The predicted molar refractivity (Wildman–Crippen MR) is 121 cm³/mol. The maximum absolute atomic E-state index is 14.2. The van der Waals surface area contributed by atoms with Gasteiger partial charge in [-0.1, -0.05) is 0 Å². The van der Waals surface area contributed by atoms with Crippen molar-refractivity contribution in [2.24, 2.45) is 0 Å². The summed E-state index contributed by atoms with van der Waals surface area (Å²) in [6, 6.07) is 16.1. The maximum atomic E-state index is 14.2. The molecule has 2 aliphatic rings. The Kier molecular flexibility index (Phi) is 5.84. The molecule has 0 aliphatic heterocycles. The normalized spacial score (nSPS) is 19.0. The Morgan fingerprint density at radius 3 is 2.07 bits per heavy atom. The van der Waals surface area contributed by atoms with E-state index in [9.17, 15) is 4.39 Å². The van der Waals surface area contributed by atoms with Gasteiger partial charge in [0.05, 0.1) is 0 Å². The van der Waals surface area contributed by atoms with E-state index in [0.717, 1.165) is 5.56 Å². The summed E-state index contributed by atoms with van der Waals surface area (Å²) in [5.74, 6) is -0.130. The van der Waals surface area contributed by atoms with Gasteiger partial charge < -0.3 is 0 Å². The van der Waals surface area contributed by atoms with Gasteiger partial charge in [0.25, 0.3) is 0 Å². The van der Waals surface area contributed by atoms with Crippen LogP contribution < -0.4 is 0 Å². The third-order valence-corrected chi connectivity index (χ3v) is 26.6. The fraction of sp³-hybridized carbons (Fsp3) is 0.308. The average molecular weight is 480 g/mol. The number of benzene rings is 2. The van der Waals surface area contributed by atoms with Crippen LogP contribution in [0.4, 0.5) is 4.39 Å². The molecular formula is C26H29FSiZr. The topological polar surface area (TPSA) is 0 Å². The van der Waals surface area contributed by atoms with Crippen LogP contribution in [-0.2, 0) is 20.4 Å². The van der Waals surface area contributed by atoms with Gasteiger partial charge in [-0.3, -0.25) is 0 Å². The van der Waals surface area contributed by atoms with Gasteiger partial charge in [-0.2, -0.15) is 0 Å². The third kappa shape index (κ3) is 3.55. The van der Waals surface area contributed by atoms with Gasteiger partial charge in [0, 0.05) is 0 Å². The van der Waals surface area contributed by atoms with Crippen LogP contribution in [0, 0.1) is 5.82 Å². The van der Waals surface area contributed by atoms with Crippen molar-refractivity contribution in [2.75, 3.05) is 0 Å². The van der Waals surface area contributed by atoms with E-state index >= 15 is 0 Å². The fourth-order valence-electron chi connectivity index (χ4n) is 5.10. The van der Waals surface area contributed by atoms with Gasteiger partial charge in [0.15, 0.2) is 0 Å². The van der Waals surface area contributed by atoms with Crippen molar-refractivity contribution in [1.82, 2.24) is 0 Å². The van der Waals surface area contributed by atoms with Crippen LogP contribution >= 0.6 is 0 Å². The van der Waals surface area contributed by atoms with Gasteiger partial charge in [0.2, 0.25) is 0 Å². The summed E-state index contributed by atoms with van der Waals surface area (Å²) in [7, 11) is 0. The molecule has 2 aliphatic carbocycles. The minimum absolute atomic E-state index is 0.130. The Labute approximate surface area is 182 Å². The molecule has 0 radical (unpaired) electrons. The van der Waals surface area contributed by atoms with Crippen LogP contribution in [0.5, 0.6) is 0 Å². The number of fused-ring (bicyclic) bond motifs is 1. The van der Waals surface area contributed by atoms with Crippen molar-refractivity contribution in [1.29, 1.82) is 0 Å². The van der Waals surface area contributed by atoms with Gasteiger partial charge in [-0.25, -0.2) is 0 Å². The molecule has 0 bridgehead atoms. The standard InChI is InChI=1S/C15H10F.C9H13.C2H6Si.Zr/c16-13-8-6-12-7-9-14(15(12)10-13)11-4-2-1-3-5-11;1-6-5-7(2)9(4)8(6)3;1-3-2;/h1-10H;5H,1-4H3;1-2H3;. The second-order valence-corrected chi connectivity index (χ2v) is 26.6.